The van der Waals surface area contributed by atoms with Gasteiger partial charge in [-0.3, -0.25) is 4.79 Å². The average Bonchev–Trinajstić information content (AvgIpc) is 2.72. The molecule has 0 fully saturated rings. The number of ether oxygens (including phenoxy) is 1. The van der Waals surface area contributed by atoms with Gasteiger partial charge in [-0.1, -0.05) is 60.7 Å². The summed E-state index contributed by atoms with van der Waals surface area (Å²) in [7, 11) is 0. The van der Waals surface area contributed by atoms with E-state index in [2.05, 4.69) is 68.1 Å². The molecule has 4 rings (SSSR count). The van der Waals surface area contributed by atoms with Crippen molar-refractivity contribution in [1.82, 2.24) is 0 Å². The molecule has 0 aromatic heterocycles. The Kier molecular flexibility index (Phi) is 5.15. The first-order valence-corrected chi connectivity index (χ1v) is 10.5. The number of nitrogens with zero attached hydrogens (tertiary/aromatic N) is 1. The number of hydrogen-bond donors (Lipinski definition) is 0. The zero-order chi connectivity index (χ0) is 21.4. The molecule has 0 spiro atoms. The molecule has 30 heavy (non-hydrogen) atoms. The van der Waals surface area contributed by atoms with Gasteiger partial charge in [-0.2, -0.15) is 0 Å². The predicted molar refractivity (Wildman–Crippen MR) is 122 cm³/mol. The van der Waals surface area contributed by atoms with E-state index in [-0.39, 0.29) is 11.5 Å². The van der Waals surface area contributed by atoms with Crippen LogP contribution in [0.15, 0.2) is 78.9 Å². The molecule has 3 aromatic carbocycles. The van der Waals surface area contributed by atoms with Gasteiger partial charge in [0.15, 0.2) is 0 Å². The van der Waals surface area contributed by atoms with Crippen molar-refractivity contribution in [3.63, 3.8) is 0 Å². The first-order chi connectivity index (χ1) is 14.3. The van der Waals surface area contributed by atoms with Crippen molar-refractivity contribution in [2.45, 2.75) is 51.7 Å². The summed E-state index contributed by atoms with van der Waals surface area (Å²) in [6.07, 6.45) is 0.665. The van der Waals surface area contributed by atoms with Crippen molar-refractivity contribution in [2.24, 2.45) is 0 Å². The van der Waals surface area contributed by atoms with Gasteiger partial charge in [-0.05, 0) is 69.0 Å². The van der Waals surface area contributed by atoms with E-state index >= 15 is 0 Å². The van der Waals surface area contributed by atoms with Gasteiger partial charge in [-0.15, -0.1) is 0 Å². The van der Waals surface area contributed by atoms with Crippen LogP contribution in [-0.4, -0.2) is 11.5 Å². The molecule has 1 aliphatic rings. The summed E-state index contributed by atoms with van der Waals surface area (Å²) in [4.78, 5) is 15.8. The predicted octanol–water partition coefficient (Wildman–Crippen LogP) is 6.32. The van der Waals surface area contributed by atoms with Crippen LogP contribution >= 0.6 is 0 Å². The number of carbonyl (C=O) groups excluding carboxylic acids is 1. The Morgan fingerprint density at radius 2 is 1.57 bits per heavy atom. The molecule has 1 atom stereocenters. The van der Waals surface area contributed by atoms with Crippen LogP contribution in [0.3, 0.4) is 0 Å². The maximum atomic E-state index is 13.4. The number of para-hydroxylation sites is 1. The summed E-state index contributed by atoms with van der Waals surface area (Å²) in [5, 5.41) is 0. The van der Waals surface area contributed by atoms with Crippen LogP contribution in [0.4, 0.5) is 11.4 Å². The van der Waals surface area contributed by atoms with Gasteiger partial charge in [-0.25, -0.2) is 0 Å². The lowest BCUT2D eigenvalue weighted by Gasteiger charge is -2.51. The Morgan fingerprint density at radius 3 is 2.23 bits per heavy atom. The van der Waals surface area contributed by atoms with Crippen molar-refractivity contribution < 1.29 is 9.53 Å². The monoisotopic (exact) mass is 399 g/mol. The fourth-order valence-electron chi connectivity index (χ4n) is 4.79. The second-order valence-electron chi connectivity index (χ2n) is 9.07. The minimum atomic E-state index is -0.716. The normalized spacial score (nSPS) is 19.8. The molecule has 0 bridgehead atoms. The van der Waals surface area contributed by atoms with Crippen LogP contribution in [0.25, 0.3) is 0 Å². The van der Waals surface area contributed by atoms with E-state index in [1.165, 1.54) is 5.56 Å². The standard InChI is InChI=1S/C27H29NO2/c1-20-15-16-23-24(17-20)28(22-13-9-6-10-14-22)26(2,3)19-27(23,4)25(29)30-18-21-11-7-5-8-12-21/h5-17H,18-19H2,1-4H3. The third kappa shape index (κ3) is 3.60. The lowest BCUT2D eigenvalue weighted by atomic mass is 9.68. The second-order valence-corrected chi connectivity index (χ2v) is 9.07. The van der Waals surface area contributed by atoms with E-state index in [0.717, 1.165) is 22.5 Å². The SMILES string of the molecule is Cc1ccc2c(c1)N(c1ccccc1)C(C)(C)CC2(C)C(=O)OCc1ccccc1. The van der Waals surface area contributed by atoms with E-state index < -0.39 is 5.41 Å². The summed E-state index contributed by atoms with van der Waals surface area (Å²) >= 11 is 0. The molecule has 0 saturated heterocycles. The smallest absolute Gasteiger partial charge is 0.316 e. The fraction of sp³-hybridized carbons (Fsp3) is 0.296. The zero-order valence-electron chi connectivity index (χ0n) is 18.2. The number of carbonyl (C=O) groups is 1. The highest BCUT2D eigenvalue weighted by Crippen LogP contribution is 2.51. The van der Waals surface area contributed by atoms with E-state index in [1.807, 2.05) is 43.3 Å². The van der Waals surface area contributed by atoms with Gasteiger partial charge in [0.2, 0.25) is 0 Å². The zero-order valence-corrected chi connectivity index (χ0v) is 18.2. The number of rotatable bonds is 4. The van der Waals surface area contributed by atoms with E-state index in [1.54, 1.807) is 0 Å². The molecule has 1 unspecified atom stereocenters. The Hall–Kier alpha value is -3.07. The van der Waals surface area contributed by atoms with Crippen LogP contribution in [0.5, 0.6) is 0 Å². The average molecular weight is 400 g/mol. The number of benzene rings is 3. The molecule has 3 heteroatoms. The first kappa shape index (κ1) is 20.2. The summed E-state index contributed by atoms with van der Waals surface area (Å²) in [6.45, 7) is 8.82. The molecule has 1 aliphatic heterocycles. The van der Waals surface area contributed by atoms with Crippen LogP contribution < -0.4 is 4.90 Å². The molecular formula is C27H29NO2. The minimum absolute atomic E-state index is 0.169. The maximum Gasteiger partial charge on any atom is 0.316 e. The molecule has 154 valence electrons. The van der Waals surface area contributed by atoms with Gasteiger partial charge in [0.05, 0.1) is 5.41 Å². The maximum absolute atomic E-state index is 13.4. The summed E-state index contributed by atoms with van der Waals surface area (Å²) < 4.78 is 5.83. The highest BCUT2D eigenvalue weighted by Gasteiger charge is 2.50. The van der Waals surface area contributed by atoms with E-state index in [0.29, 0.717) is 13.0 Å². The second kappa shape index (κ2) is 7.64. The van der Waals surface area contributed by atoms with Gasteiger partial charge in [0.25, 0.3) is 0 Å². The molecule has 1 heterocycles. The highest BCUT2D eigenvalue weighted by atomic mass is 16.5. The van der Waals surface area contributed by atoms with Gasteiger partial charge in [0.1, 0.15) is 6.61 Å². The van der Waals surface area contributed by atoms with Gasteiger partial charge >= 0.3 is 5.97 Å². The molecule has 0 aliphatic carbocycles. The van der Waals surface area contributed by atoms with Gasteiger partial charge < -0.3 is 9.64 Å². The summed E-state index contributed by atoms with van der Waals surface area (Å²) in [5.41, 5.74) is 4.43. The summed E-state index contributed by atoms with van der Waals surface area (Å²) in [5.74, 6) is -0.169. The van der Waals surface area contributed by atoms with Crippen molar-refractivity contribution in [1.29, 1.82) is 0 Å². The van der Waals surface area contributed by atoms with Crippen LogP contribution in [0.1, 0.15) is 43.9 Å². The molecule has 0 amide bonds. The number of anilines is 2. The van der Waals surface area contributed by atoms with Crippen molar-refractivity contribution in [2.75, 3.05) is 4.90 Å². The topological polar surface area (TPSA) is 29.5 Å². The fourth-order valence-corrected chi connectivity index (χ4v) is 4.79. The number of fused-ring (bicyclic) bond motifs is 1. The van der Waals surface area contributed by atoms with Crippen molar-refractivity contribution >= 4 is 17.3 Å². The van der Waals surface area contributed by atoms with Crippen LogP contribution in [0.2, 0.25) is 0 Å². The Morgan fingerprint density at radius 1 is 0.933 bits per heavy atom. The Balaban J connectivity index is 1.75. The van der Waals surface area contributed by atoms with Crippen molar-refractivity contribution in [3.05, 3.63) is 95.6 Å². The molecule has 0 N–H and O–H groups in total. The van der Waals surface area contributed by atoms with E-state index in [4.69, 9.17) is 4.74 Å². The number of hydrogen-bond acceptors (Lipinski definition) is 3. The highest BCUT2D eigenvalue weighted by molar-refractivity contribution is 5.88. The number of esters is 1. The van der Waals surface area contributed by atoms with Crippen LogP contribution in [0, 0.1) is 6.92 Å². The third-order valence-electron chi connectivity index (χ3n) is 6.06. The molecule has 0 saturated carbocycles. The largest absolute Gasteiger partial charge is 0.460 e. The van der Waals surface area contributed by atoms with Gasteiger partial charge in [0, 0.05) is 16.9 Å². The van der Waals surface area contributed by atoms with E-state index in [9.17, 15) is 4.79 Å². The lowest BCUT2D eigenvalue weighted by Crippen LogP contribution is -2.53. The Bertz CT molecular complexity index is 1040. The van der Waals surface area contributed by atoms with Crippen LogP contribution in [-0.2, 0) is 21.6 Å². The lowest BCUT2D eigenvalue weighted by molar-refractivity contribution is -0.152. The molecule has 3 aromatic rings. The third-order valence-corrected chi connectivity index (χ3v) is 6.06. The first-order valence-electron chi connectivity index (χ1n) is 10.5. The molecule has 0 radical (unpaired) electrons. The number of aryl methyl sites for hydroxylation is 1. The molecule has 3 nitrogen and oxygen atoms in total. The van der Waals surface area contributed by atoms with Crippen molar-refractivity contribution in [3.8, 4) is 0 Å². The minimum Gasteiger partial charge on any atom is -0.460 e. The quantitative estimate of drug-likeness (QED) is 0.481. The summed E-state index contributed by atoms with van der Waals surface area (Å²) in [6, 6.07) is 26.6. The Labute approximate surface area is 179 Å². The molecular weight excluding hydrogens is 370 g/mol.